The van der Waals surface area contributed by atoms with Gasteiger partial charge in [0.2, 0.25) is 0 Å². The Bertz CT molecular complexity index is 654. The van der Waals surface area contributed by atoms with E-state index in [4.69, 9.17) is 0 Å². The molecule has 0 unspecified atom stereocenters. The molecular weight excluding hydrogens is 382 g/mol. The van der Waals surface area contributed by atoms with Crippen LogP contribution in [0, 0.1) is 10.1 Å². The molecule has 0 aliphatic carbocycles. The first-order chi connectivity index (χ1) is 8.99. The third-order valence-corrected chi connectivity index (χ3v) is 3.60. The van der Waals surface area contributed by atoms with Gasteiger partial charge in [-0.2, -0.15) is 4.68 Å². The van der Waals surface area contributed by atoms with Crippen LogP contribution in [0.2, 0.25) is 0 Å². The minimum atomic E-state index is -0.608. The van der Waals surface area contributed by atoms with Gasteiger partial charge >= 0.3 is 5.82 Å². The second kappa shape index (κ2) is 5.62. The van der Waals surface area contributed by atoms with E-state index in [2.05, 4.69) is 37.0 Å². The third-order valence-electron chi connectivity index (χ3n) is 2.35. The first-order valence-electron chi connectivity index (χ1n) is 5.14. The van der Waals surface area contributed by atoms with Gasteiger partial charge in [0.1, 0.15) is 11.0 Å². The fourth-order valence-electron chi connectivity index (χ4n) is 1.51. The molecule has 0 bridgehead atoms. The van der Waals surface area contributed by atoms with Gasteiger partial charge < -0.3 is 10.1 Å². The standard InChI is InChI=1S/C11H7Br2N3O3/c12-8-4-2-1-3-7(8)10(17)6-15-5-9(13)11(14-15)16(18)19/h1-5H,6H2. The van der Waals surface area contributed by atoms with E-state index < -0.39 is 4.92 Å². The normalized spacial score (nSPS) is 10.4. The Morgan fingerprint density at radius 1 is 1.32 bits per heavy atom. The fraction of sp³-hybridized carbons (Fsp3) is 0.0909. The van der Waals surface area contributed by atoms with E-state index in [1.165, 1.54) is 10.9 Å². The lowest BCUT2D eigenvalue weighted by molar-refractivity contribution is -0.390. The molecule has 2 aromatic rings. The van der Waals surface area contributed by atoms with E-state index in [9.17, 15) is 14.9 Å². The Hall–Kier alpha value is -1.54. The van der Waals surface area contributed by atoms with Crippen LogP contribution in [0.3, 0.4) is 0 Å². The number of nitrogens with zero attached hydrogens (tertiary/aromatic N) is 3. The molecule has 6 nitrogen and oxygen atoms in total. The van der Waals surface area contributed by atoms with E-state index in [1.807, 2.05) is 0 Å². The number of aromatic nitrogens is 2. The average molecular weight is 389 g/mol. The second-order valence-corrected chi connectivity index (χ2v) is 5.37. The number of halogens is 2. The summed E-state index contributed by atoms with van der Waals surface area (Å²) in [6.45, 7) is -0.0605. The maximum absolute atomic E-state index is 12.0. The molecule has 0 aliphatic heterocycles. The van der Waals surface area contributed by atoms with Gasteiger partial charge in [-0.05, 0) is 26.9 Å². The second-order valence-electron chi connectivity index (χ2n) is 3.66. The zero-order chi connectivity index (χ0) is 14.0. The van der Waals surface area contributed by atoms with E-state index in [1.54, 1.807) is 24.3 Å². The summed E-state index contributed by atoms with van der Waals surface area (Å²) in [5, 5.41) is 14.4. The molecule has 0 saturated carbocycles. The first kappa shape index (κ1) is 13.9. The molecular formula is C11H7Br2N3O3. The van der Waals surface area contributed by atoms with Crippen LogP contribution in [0.5, 0.6) is 0 Å². The molecule has 19 heavy (non-hydrogen) atoms. The zero-order valence-electron chi connectivity index (χ0n) is 9.42. The van der Waals surface area contributed by atoms with Gasteiger partial charge in [-0.15, -0.1) is 0 Å². The third kappa shape index (κ3) is 3.07. The number of rotatable bonds is 4. The molecule has 2 rings (SSSR count). The molecule has 0 radical (unpaired) electrons. The van der Waals surface area contributed by atoms with Crippen molar-refractivity contribution in [1.82, 2.24) is 9.78 Å². The summed E-state index contributed by atoms with van der Waals surface area (Å²) in [5.41, 5.74) is 0.511. The van der Waals surface area contributed by atoms with Crippen molar-refractivity contribution in [2.45, 2.75) is 6.54 Å². The van der Waals surface area contributed by atoms with Crippen molar-refractivity contribution in [1.29, 1.82) is 0 Å². The Morgan fingerprint density at radius 3 is 2.58 bits per heavy atom. The Balaban J connectivity index is 2.22. The van der Waals surface area contributed by atoms with Crippen LogP contribution in [0.4, 0.5) is 5.82 Å². The monoisotopic (exact) mass is 387 g/mol. The quantitative estimate of drug-likeness (QED) is 0.457. The number of carbonyl (C=O) groups excluding carboxylic acids is 1. The van der Waals surface area contributed by atoms with Gasteiger partial charge in [-0.3, -0.25) is 4.79 Å². The number of ketones is 1. The molecule has 1 aromatic heterocycles. The largest absolute Gasteiger partial charge is 0.404 e. The molecule has 0 amide bonds. The maximum atomic E-state index is 12.0. The highest BCUT2D eigenvalue weighted by atomic mass is 79.9. The van der Waals surface area contributed by atoms with Gasteiger partial charge in [-0.25, -0.2) is 0 Å². The summed E-state index contributed by atoms with van der Waals surface area (Å²) < 4.78 is 2.17. The van der Waals surface area contributed by atoms with Gasteiger partial charge in [0.05, 0.1) is 11.3 Å². The summed E-state index contributed by atoms with van der Waals surface area (Å²) in [5.74, 6) is -0.489. The number of hydrogen-bond donors (Lipinski definition) is 0. The van der Waals surface area contributed by atoms with Crippen molar-refractivity contribution in [2.24, 2.45) is 0 Å². The van der Waals surface area contributed by atoms with Crippen molar-refractivity contribution in [3.8, 4) is 0 Å². The molecule has 1 aromatic carbocycles. The summed E-state index contributed by atoms with van der Waals surface area (Å²) >= 11 is 6.32. The number of carbonyl (C=O) groups is 1. The fourth-order valence-corrected chi connectivity index (χ4v) is 2.48. The topological polar surface area (TPSA) is 78.0 Å². The Morgan fingerprint density at radius 2 is 2.00 bits per heavy atom. The van der Waals surface area contributed by atoms with Crippen molar-refractivity contribution in [3.63, 3.8) is 0 Å². The summed E-state index contributed by atoms with van der Waals surface area (Å²) in [7, 11) is 0. The number of Topliss-reactive ketones (excluding diaryl/α,β-unsaturated/α-hetero) is 1. The summed E-state index contributed by atoms with van der Waals surface area (Å²) in [6.07, 6.45) is 1.41. The molecule has 98 valence electrons. The predicted molar refractivity (Wildman–Crippen MR) is 75.1 cm³/mol. The van der Waals surface area contributed by atoms with E-state index >= 15 is 0 Å². The van der Waals surface area contributed by atoms with E-state index in [0.29, 0.717) is 10.0 Å². The number of hydrogen-bond acceptors (Lipinski definition) is 4. The van der Waals surface area contributed by atoms with Crippen molar-refractivity contribution >= 4 is 43.5 Å². The highest BCUT2D eigenvalue weighted by molar-refractivity contribution is 9.10. The molecule has 8 heteroatoms. The molecule has 0 spiro atoms. The van der Waals surface area contributed by atoms with E-state index in [-0.39, 0.29) is 22.6 Å². The van der Waals surface area contributed by atoms with Crippen LogP contribution in [0.25, 0.3) is 0 Å². The maximum Gasteiger partial charge on any atom is 0.404 e. The van der Waals surface area contributed by atoms with E-state index in [0.717, 1.165) is 0 Å². The predicted octanol–water partition coefficient (Wildman–Crippen LogP) is 3.20. The first-order valence-corrected chi connectivity index (χ1v) is 6.72. The number of benzene rings is 1. The molecule has 1 heterocycles. The van der Waals surface area contributed by atoms with Crippen LogP contribution >= 0.6 is 31.9 Å². The van der Waals surface area contributed by atoms with Gasteiger partial charge in [-0.1, -0.05) is 34.1 Å². The van der Waals surface area contributed by atoms with Crippen molar-refractivity contribution in [2.75, 3.05) is 0 Å². The Kier molecular flexibility index (Phi) is 4.11. The lowest BCUT2D eigenvalue weighted by Crippen LogP contribution is -2.11. The average Bonchev–Trinajstić information content (AvgIpc) is 2.70. The lowest BCUT2D eigenvalue weighted by atomic mass is 10.1. The molecule has 0 saturated heterocycles. The van der Waals surface area contributed by atoms with Crippen LogP contribution in [0.15, 0.2) is 39.4 Å². The number of nitro groups is 1. The van der Waals surface area contributed by atoms with Crippen molar-refractivity contribution in [3.05, 3.63) is 55.1 Å². The van der Waals surface area contributed by atoms with Crippen LogP contribution in [-0.4, -0.2) is 20.5 Å². The minimum absolute atomic E-state index is 0.0605. The molecule has 0 N–H and O–H groups in total. The van der Waals surface area contributed by atoms with Gasteiger partial charge in [0.25, 0.3) is 0 Å². The van der Waals surface area contributed by atoms with Crippen molar-refractivity contribution < 1.29 is 9.72 Å². The SMILES string of the molecule is O=C(Cn1cc(Br)c([N+](=O)[O-])n1)c1ccccc1Br. The summed E-state index contributed by atoms with van der Waals surface area (Å²) in [6, 6.07) is 6.99. The molecule has 0 atom stereocenters. The van der Waals surface area contributed by atoms with Gasteiger partial charge in [0, 0.05) is 10.0 Å². The highest BCUT2D eigenvalue weighted by Crippen LogP contribution is 2.23. The molecule has 0 fully saturated rings. The van der Waals surface area contributed by atoms with Crippen LogP contribution < -0.4 is 0 Å². The Labute approximate surface area is 124 Å². The smallest absolute Gasteiger partial charge is 0.358 e. The highest BCUT2D eigenvalue weighted by Gasteiger charge is 2.20. The lowest BCUT2D eigenvalue weighted by Gasteiger charge is -2.01. The zero-order valence-corrected chi connectivity index (χ0v) is 12.6. The van der Waals surface area contributed by atoms with Crippen LogP contribution in [0.1, 0.15) is 10.4 Å². The van der Waals surface area contributed by atoms with Gasteiger partial charge in [0.15, 0.2) is 5.78 Å². The molecule has 0 aliphatic rings. The van der Waals surface area contributed by atoms with Crippen LogP contribution in [-0.2, 0) is 6.54 Å². The minimum Gasteiger partial charge on any atom is -0.358 e. The summed E-state index contributed by atoms with van der Waals surface area (Å²) in [4.78, 5) is 22.1.